The van der Waals surface area contributed by atoms with Crippen LogP contribution in [0.4, 0.5) is 38.7 Å². The molecular weight excluding hydrogens is 519 g/mol. The second-order valence-corrected chi connectivity index (χ2v) is 9.13. The maximum Gasteiger partial charge on any atom is 0.416 e. The number of hydrogen-bond donors (Lipinski definition) is 2. The van der Waals surface area contributed by atoms with Crippen LogP contribution in [-0.4, -0.2) is 70.6 Å². The van der Waals surface area contributed by atoms with Crippen LogP contribution in [0.15, 0.2) is 29.9 Å². The number of thiazole rings is 1. The largest absolute Gasteiger partial charge is 0.416 e. The Morgan fingerprint density at radius 2 is 1.89 bits per heavy atom. The number of piperazine rings is 1. The zero-order valence-corrected chi connectivity index (χ0v) is 20.6. The number of aliphatic hydroxyl groups excluding tert-OH is 1. The molecule has 14 heteroatoms. The van der Waals surface area contributed by atoms with E-state index in [9.17, 15) is 22.7 Å². The minimum atomic E-state index is -4.70. The van der Waals surface area contributed by atoms with Gasteiger partial charge in [-0.25, -0.2) is 19.3 Å². The lowest BCUT2D eigenvalue weighted by molar-refractivity contribution is -0.137. The predicted molar refractivity (Wildman–Crippen MR) is 129 cm³/mol. The molecule has 8 nitrogen and oxygen atoms in total. The van der Waals surface area contributed by atoms with Crippen LogP contribution in [0.5, 0.6) is 0 Å². The molecule has 1 aromatic carbocycles. The SMILES string of the molecule is CCOC(O)CCN1CCN(c2ncnc(Nc3nc(-c4cc(F)cc(C(F)(F)F)c4)cs3)c2F)CC1. The molecule has 0 bridgehead atoms. The molecule has 1 aliphatic heterocycles. The molecule has 0 amide bonds. The molecule has 1 unspecified atom stereocenters. The molecule has 0 radical (unpaired) electrons. The minimum Gasteiger partial charge on any atom is -0.368 e. The number of aromatic nitrogens is 3. The number of alkyl halides is 3. The van der Waals surface area contributed by atoms with Crippen LogP contribution < -0.4 is 10.2 Å². The molecule has 1 aliphatic rings. The number of anilines is 3. The molecule has 1 fully saturated rings. The molecule has 0 spiro atoms. The monoisotopic (exact) mass is 544 g/mol. The Morgan fingerprint density at radius 3 is 2.59 bits per heavy atom. The molecule has 3 aromatic rings. The van der Waals surface area contributed by atoms with Gasteiger partial charge in [-0.2, -0.15) is 17.6 Å². The number of aliphatic hydroxyl groups is 1. The van der Waals surface area contributed by atoms with Crippen LogP contribution in [0.2, 0.25) is 0 Å². The number of benzene rings is 1. The van der Waals surface area contributed by atoms with Crippen molar-refractivity contribution in [3.63, 3.8) is 0 Å². The maximum absolute atomic E-state index is 15.3. The molecule has 0 aliphatic carbocycles. The van der Waals surface area contributed by atoms with Gasteiger partial charge in [-0.05, 0) is 25.1 Å². The Bertz CT molecular complexity index is 1200. The van der Waals surface area contributed by atoms with Crippen molar-refractivity contribution < 1.29 is 31.8 Å². The van der Waals surface area contributed by atoms with Gasteiger partial charge in [0.25, 0.3) is 0 Å². The van der Waals surface area contributed by atoms with Crippen molar-refractivity contribution in [3.8, 4) is 11.3 Å². The molecule has 3 heterocycles. The summed E-state index contributed by atoms with van der Waals surface area (Å²) >= 11 is 1.02. The van der Waals surface area contributed by atoms with Crippen molar-refractivity contribution in [3.05, 3.63) is 47.1 Å². The van der Waals surface area contributed by atoms with E-state index in [1.54, 1.807) is 4.90 Å². The highest BCUT2D eigenvalue weighted by Gasteiger charge is 2.31. The second kappa shape index (κ2) is 11.6. The average Bonchev–Trinajstić information content (AvgIpc) is 3.32. The number of halogens is 5. The van der Waals surface area contributed by atoms with Crippen molar-refractivity contribution in [2.45, 2.75) is 25.8 Å². The molecular formula is C23H25F5N6O2S. The number of rotatable bonds is 9. The van der Waals surface area contributed by atoms with Crippen LogP contribution in [0.3, 0.4) is 0 Å². The van der Waals surface area contributed by atoms with Crippen LogP contribution in [0.1, 0.15) is 18.9 Å². The number of nitrogens with zero attached hydrogens (tertiary/aromatic N) is 5. The highest BCUT2D eigenvalue weighted by Crippen LogP contribution is 2.35. The summed E-state index contributed by atoms with van der Waals surface area (Å²) in [6.07, 6.45) is -3.82. The van der Waals surface area contributed by atoms with Crippen LogP contribution in [0.25, 0.3) is 11.3 Å². The van der Waals surface area contributed by atoms with Gasteiger partial charge in [0.1, 0.15) is 12.1 Å². The summed E-state index contributed by atoms with van der Waals surface area (Å²) in [4.78, 5) is 16.1. The van der Waals surface area contributed by atoms with Gasteiger partial charge in [-0.3, -0.25) is 4.90 Å². The van der Waals surface area contributed by atoms with Crippen molar-refractivity contribution >= 4 is 28.1 Å². The number of ether oxygens (including phenoxy) is 1. The van der Waals surface area contributed by atoms with E-state index in [1.807, 2.05) is 6.92 Å². The molecule has 4 rings (SSSR count). The maximum atomic E-state index is 15.3. The fourth-order valence-electron chi connectivity index (χ4n) is 3.89. The van der Waals surface area contributed by atoms with Gasteiger partial charge < -0.3 is 20.1 Å². The van der Waals surface area contributed by atoms with Gasteiger partial charge in [0.15, 0.2) is 23.1 Å². The molecule has 1 saturated heterocycles. The molecule has 2 N–H and O–H groups in total. The first-order valence-corrected chi connectivity index (χ1v) is 12.4. The number of hydrogen-bond acceptors (Lipinski definition) is 9. The molecule has 37 heavy (non-hydrogen) atoms. The van der Waals surface area contributed by atoms with E-state index in [2.05, 4.69) is 25.2 Å². The first-order chi connectivity index (χ1) is 17.6. The third-order valence-corrected chi connectivity index (χ3v) is 6.50. The van der Waals surface area contributed by atoms with Crippen LogP contribution in [-0.2, 0) is 10.9 Å². The second-order valence-electron chi connectivity index (χ2n) is 8.28. The Kier molecular flexibility index (Phi) is 8.52. The normalized spacial score (nSPS) is 15.7. The van der Waals surface area contributed by atoms with Crippen molar-refractivity contribution in [2.24, 2.45) is 0 Å². The van der Waals surface area contributed by atoms with Gasteiger partial charge in [-0.15, -0.1) is 11.3 Å². The van der Waals surface area contributed by atoms with Crippen LogP contribution >= 0.6 is 11.3 Å². The Balaban J connectivity index is 1.42. The predicted octanol–water partition coefficient (Wildman–Crippen LogP) is 4.51. The van der Waals surface area contributed by atoms with Gasteiger partial charge in [0, 0.05) is 56.7 Å². The average molecular weight is 545 g/mol. The van der Waals surface area contributed by atoms with Crippen LogP contribution in [0, 0.1) is 11.6 Å². The highest BCUT2D eigenvalue weighted by molar-refractivity contribution is 7.14. The van der Waals surface area contributed by atoms with E-state index in [-0.39, 0.29) is 28.0 Å². The smallest absolute Gasteiger partial charge is 0.368 e. The van der Waals surface area contributed by atoms with Gasteiger partial charge in [-0.1, -0.05) is 0 Å². The minimum absolute atomic E-state index is 0.0490. The number of nitrogens with one attached hydrogen (secondary N) is 1. The van der Waals surface area contributed by atoms with E-state index < -0.39 is 29.7 Å². The highest BCUT2D eigenvalue weighted by atomic mass is 32.1. The molecule has 1 atom stereocenters. The van der Waals surface area contributed by atoms with E-state index in [0.29, 0.717) is 51.8 Å². The summed E-state index contributed by atoms with van der Waals surface area (Å²) < 4.78 is 73.3. The summed E-state index contributed by atoms with van der Waals surface area (Å²) in [5, 5.41) is 14.1. The lowest BCUT2D eigenvalue weighted by Crippen LogP contribution is -2.47. The van der Waals surface area contributed by atoms with Crippen molar-refractivity contribution in [2.75, 3.05) is 49.5 Å². The summed E-state index contributed by atoms with van der Waals surface area (Å²) in [7, 11) is 0. The lowest BCUT2D eigenvalue weighted by atomic mass is 10.1. The lowest BCUT2D eigenvalue weighted by Gasteiger charge is -2.35. The molecule has 200 valence electrons. The van der Waals surface area contributed by atoms with Gasteiger partial charge >= 0.3 is 6.18 Å². The van der Waals surface area contributed by atoms with Crippen molar-refractivity contribution in [1.29, 1.82) is 0 Å². The topological polar surface area (TPSA) is 86.6 Å². The first kappa shape index (κ1) is 27.1. The zero-order chi connectivity index (χ0) is 26.6. The summed E-state index contributed by atoms with van der Waals surface area (Å²) in [5.74, 6) is -1.75. The summed E-state index contributed by atoms with van der Waals surface area (Å²) in [6, 6.07) is 2.17. The Morgan fingerprint density at radius 1 is 1.14 bits per heavy atom. The Hall–Kier alpha value is -2.94. The third kappa shape index (κ3) is 6.89. The van der Waals surface area contributed by atoms with Gasteiger partial charge in [0.05, 0.1) is 11.3 Å². The van der Waals surface area contributed by atoms with E-state index in [0.717, 1.165) is 23.5 Å². The van der Waals surface area contributed by atoms with Crippen molar-refractivity contribution in [1.82, 2.24) is 19.9 Å². The zero-order valence-electron chi connectivity index (χ0n) is 19.8. The quantitative estimate of drug-likeness (QED) is 0.301. The third-order valence-electron chi connectivity index (χ3n) is 5.74. The van der Waals surface area contributed by atoms with Gasteiger partial charge in [0.2, 0.25) is 5.82 Å². The molecule has 2 aromatic heterocycles. The Labute approximate surface area is 213 Å². The van der Waals surface area contributed by atoms with E-state index in [1.165, 1.54) is 11.7 Å². The van der Waals surface area contributed by atoms with E-state index >= 15 is 4.39 Å². The fourth-order valence-corrected chi connectivity index (χ4v) is 4.61. The standard InChI is InChI=1S/C23H25F5N6O2S/c1-2-36-18(35)3-4-33-5-7-34(8-6-33)21-19(25)20(29-13-30-21)32-22-31-17(12-37-22)14-9-15(23(26,27)28)11-16(24)10-14/h9-13,18,35H,2-8H2,1H3,(H,29,30,31,32). The fraction of sp³-hybridized carbons (Fsp3) is 0.435. The van der Waals surface area contributed by atoms with E-state index in [4.69, 9.17) is 4.74 Å². The summed E-state index contributed by atoms with van der Waals surface area (Å²) in [6.45, 7) is 5.22. The molecule has 0 saturated carbocycles. The first-order valence-electron chi connectivity index (χ1n) is 11.5. The summed E-state index contributed by atoms with van der Waals surface area (Å²) in [5.41, 5.74) is -1.06.